The lowest BCUT2D eigenvalue weighted by atomic mass is 9.77. The van der Waals surface area contributed by atoms with E-state index in [2.05, 4.69) is 4.98 Å². The molecular weight excluding hydrogens is 326 g/mol. The van der Waals surface area contributed by atoms with Crippen LogP contribution in [0.15, 0.2) is 18.5 Å². The van der Waals surface area contributed by atoms with E-state index in [1.807, 2.05) is 60.9 Å². The number of likely N-dealkylation sites (tertiary alicyclic amines) is 1. The topological polar surface area (TPSA) is 54.3 Å². The van der Waals surface area contributed by atoms with Crippen molar-refractivity contribution in [2.75, 3.05) is 32.1 Å². The monoisotopic (exact) mass is 353 g/mol. The lowest BCUT2D eigenvalue weighted by molar-refractivity contribution is 0.0632. The molecule has 0 N–H and O–H groups in total. The van der Waals surface area contributed by atoms with Crippen LogP contribution in [0.3, 0.4) is 0 Å². The highest BCUT2D eigenvalue weighted by atomic mass is 16.2. The van der Waals surface area contributed by atoms with Crippen molar-refractivity contribution < 1.29 is 4.79 Å². The summed E-state index contributed by atoms with van der Waals surface area (Å²) in [5, 5.41) is 0. The minimum absolute atomic E-state index is 0.0143. The second kappa shape index (κ2) is 6.11. The number of hydrogen-bond donors (Lipinski definition) is 0. The Morgan fingerprint density at radius 3 is 2.81 bits per heavy atom. The molecule has 1 fully saturated rings. The van der Waals surface area contributed by atoms with Crippen LogP contribution in [-0.4, -0.2) is 52.5 Å². The number of carbonyl (C=O) groups is 1. The summed E-state index contributed by atoms with van der Waals surface area (Å²) in [5.74, 6) is 0.907. The van der Waals surface area contributed by atoms with Crippen LogP contribution in [0.25, 0.3) is 0 Å². The molecule has 2 aliphatic rings. The maximum Gasteiger partial charge on any atom is 0.255 e. The average molecular weight is 353 g/mol. The fraction of sp³-hybridized carbons (Fsp3) is 0.550. The van der Waals surface area contributed by atoms with Gasteiger partial charge < -0.3 is 14.4 Å². The summed E-state index contributed by atoms with van der Waals surface area (Å²) in [7, 11) is 5.92. The molecular formula is C20H27N5O. The predicted octanol–water partition coefficient (Wildman–Crippen LogP) is 2.31. The SMILES string of the molecule is Cc1c(C(=O)N2CCCC3(CCc4cnc(N(C)C)nc43)C2)ccn1C. The van der Waals surface area contributed by atoms with Crippen molar-refractivity contribution in [3.05, 3.63) is 41.0 Å². The van der Waals surface area contributed by atoms with Crippen molar-refractivity contribution in [1.29, 1.82) is 0 Å². The fourth-order valence-electron chi connectivity index (χ4n) is 4.45. The number of amides is 1. The van der Waals surface area contributed by atoms with E-state index in [1.165, 1.54) is 11.3 Å². The first kappa shape index (κ1) is 17.1. The zero-order valence-electron chi connectivity index (χ0n) is 16.1. The number of anilines is 1. The molecule has 1 atom stereocenters. The molecule has 4 rings (SSSR count). The number of piperidine rings is 1. The van der Waals surface area contributed by atoms with E-state index < -0.39 is 0 Å². The van der Waals surface area contributed by atoms with Gasteiger partial charge in [0.25, 0.3) is 5.91 Å². The van der Waals surface area contributed by atoms with Crippen molar-refractivity contribution in [3.8, 4) is 0 Å². The molecule has 26 heavy (non-hydrogen) atoms. The minimum atomic E-state index is -0.0143. The van der Waals surface area contributed by atoms with Crippen molar-refractivity contribution in [2.24, 2.45) is 7.05 Å². The molecule has 1 spiro atoms. The third kappa shape index (κ3) is 2.59. The first-order chi connectivity index (χ1) is 12.4. The second-order valence-electron chi connectivity index (χ2n) is 7.97. The van der Waals surface area contributed by atoms with Crippen LogP contribution in [0.5, 0.6) is 0 Å². The van der Waals surface area contributed by atoms with Crippen molar-refractivity contribution in [3.63, 3.8) is 0 Å². The van der Waals surface area contributed by atoms with Gasteiger partial charge in [-0.3, -0.25) is 4.79 Å². The Morgan fingerprint density at radius 2 is 2.12 bits per heavy atom. The quantitative estimate of drug-likeness (QED) is 0.831. The molecule has 6 heteroatoms. The average Bonchev–Trinajstić information content (AvgIpc) is 3.15. The maximum absolute atomic E-state index is 13.1. The van der Waals surface area contributed by atoms with E-state index >= 15 is 0 Å². The van der Waals surface area contributed by atoms with Crippen molar-refractivity contribution >= 4 is 11.9 Å². The Labute approximate surface area is 154 Å². The van der Waals surface area contributed by atoms with Gasteiger partial charge in [0.15, 0.2) is 0 Å². The second-order valence-corrected chi connectivity index (χ2v) is 7.97. The molecule has 1 unspecified atom stereocenters. The Balaban J connectivity index is 1.65. The van der Waals surface area contributed by atoms with E-state index in [4.69, 9.17) is 4.98 Å². The summed E-state index contributed by atoms with van der Waals surface area (Å²) in [6, 6.07) is 1.94. The summed E-state index contributed by atoms with van der Waals surface area (Å²) in [6.07, 6.45) is 8.14. The third-order valence-corrected chi connectivity index (χ3v) is 6.11. The molecule has 1 aliphatic heterocycles. The first-order valence-corrected chi connectivity index (χ1v) is 9.36. The number of nitrogens with zero attached hydrogens (tertiary/aromatic N) is 5. The molecule has 2 aromatic heterocycles. The zero-order chi connectivity index (χ0) is 18.5. The Bertz CT molecular complexity index is 852. The number of hydrogen-bond acceptors (Lipinski definition) is 4. The maximum atomic E-state index is 13.1. The summed E-state index contributed by atoms with van der Waals surface area (Å²) in [5.41, 5.74) is 4.25. The molecule has 0 saturated carbocycles. The zero-order valence-corrected chi connectivity index (χ0v) is 16.1. The predicted molar refractivity (Wildman–Crippen MR) is 102 cm³/mol. The Kier molecular flexibility index (Phi) is 4.01. The lowest BCUT2D eigenvalue weighted by Gasteiger charge is -2.40. The number of fused-ring (bicyclic) bond motifs is 2. The molecule has 1 saturated heterocycles. The van der Waals surface area contributed by atoms with Gasteiger partial charge in [0.1, 0.15) is 0 Å². The smallest absolute Gasteiger partial charge is 0.255 e. The Hall–Kier alpha value is -2.37. The van der Waals surface area contributed by atoms with Gasteiger partial charge in [-0.2, -0.15) is 0 Å². The highest BCUT2D eigenvalue weighted by Gasteiger charge is 2.45. The number of aryl methyl sites for hydroxylation is 2. The summed E-state index contributed by atoms with van der Waals surface area (Å²) >= 11 is 0. The van der Waals surface area contributed by atoms with Gasteiger partial charge in [-0.25, -0.2) is 9.97 Å². The molecule has 6 nitrogen and oxygen atoms in total. The Morgan fingerprint density at radius 1 is 1.31 bits per heavy atom. The van der Waals surface area contributed by atoms with Crippen molar-refractivity contribution in [2.45, 2.75) is 38.0 Å². The highest BCUT2D eigenvalue weighted by Crippen LogP contribution is 2.44. The van der Waals surface area contributed by atoms with Gasteiger partial charge in [0.05, 0.1) is 11.3 Å². The van der Waals surface area contributed by atoms with Gasteiger partial charge in [-0.1, -0.05) is 0 Å². The van der Waals surface area contributed by atoms with Crippen LogP contribution >= 0.6 is 0 Å². The van der Waals surface area contributed by atoms with Gasteiger partial charge in [-0.05, 0) is 44.2 Å². The van der Waals surface area contributed by atoms with E-state index in [0.717, 1.165) is 56.0 Å². The molecule has 2 aromatic rings. The normalized spacial score (nSPS) is 21.9. The number of carbonyl (C=O) groups excluding carboxylic acids is 1. The number of rotatable bonds is 2. The fourth-order valence-corrected chi connectivity index (χ4v) is 4.45. The molecule has 0 bridgehead atoms. The molecule has 1 amide bonds. The van der Waals surface area contributed by atoms with Crippen LogP contribution < -0.4 is 4.90 Å². The van der Waals surface area contributed by atoms with E-state index in [0.29, 0.717) is 0 Å². The van der Waals surface area contributed by atoms with Crippen LogP contribution in [0.1, 0.15) is 46.6 Å². The third-order valence-electron chi connectivity index (χ3n) is 6.11. The van der Waals surface area contributed by atoms with Gasteiger partial charge in [-0.15, -0.1) is 0 Å². The molecule has 138 valence electrons. The summed E-state index contributed by atoms with van der Waals surface area (Å²) in [6.45, 7) is 3.60. The van der Waals surface area contributed by atoms with Crippen LogP contribution in [0.4, 0.5) is 5.95 Å². The van der Waals surface area contributed by atoms with Gasteiger partial charge >= 0.3 is 0 Å². The van der Waals surface area contributed by atoms with Gasteiger partial charge in [0, 0.05) is 57.7 Å². The van der Waals surface area contributed by atoms with Crippen LogP contribution in [0.2, 0.25) is 0 Å². The van der Waals surface area contributed by atoms with Crippen LogP contribution in [0, 0.1) is 6.92 Å². The molecule has 1 aliphatic carbocycles. The van der Waals surface area contributed by atoms with E-state index in [-0.39, 0.29) is 11.3 Å². The van der Waals surface area contributed by atoms with Crippen molar-refractivity contribution in [1.82, 2.24) is 19.4 Å². The highest BCUT2D eigenvalue weighted by molar-refractivity contribution is 5.95. The van der Waals surface area contributed by atoms with Gasteiger partial charge in [0.2, 0.25) is 5.95 Å². The molecule has 0 radical (unpaired) electrons. The minimum Gasteiger partial charge on any atom is -0.354 e. The standard InChI is InChI=1S/C20H27N5O/c1-14-16(7-11-24(14)4)18(26)25-10-5-8-20(13-25)9-6-15-12-21-19(23(2)3)22-17(15)20/h7,11-12H,5-6,8-10,13H2,1-4H3. The largest absolute Gasteiger partial charge is 0.354 e. The summed E-state index contributed by atoms with van der Waals surface area (Å²) in [4.78, 5) is 26.5. The molecule has 0 aromatic carbocycles. The number of aromatic nitrogens is 3. The van der Waals surface area contributed by atoms with E-state index in [1.54, 1.807) is 0 Å². The van der Waals surface area contributed by atoms with E-state index in [9.17, 15) is 4.79 Å². The summed E-state index contributed by atoms with van der Waals surface area (Å²) < 4.78 is 2.01. The lowest BCUT2D eigenvalue weighted by Crippen LogP contribution is -2.48. The molecule has 3 heterocycles. The van der Waals surface area contributed by atoms with Crippen LogP contribution in [-0.2, 0) is 18.9 Å². The first-order valence-electron chi connectivity index (χ1n) is 9.36.